The van der Waals surface area contributed by atoms with E-state index in [0.29, 0.717) is 17.9 Å². The van der Waals surface area contributed by atoms with Crippen molar-refractivity contribution >= 4 is 28.5 Å². The lowest BCUT2D eigenvalue weighted by Gasteiger charge is -2.11. The van der Waals surface area contributed by atoms with E-state index in [1.165, 1.54) is 18.2 Å². The Morgan fingerprint density at radius 2 is 1.88 bits per heavy atom. The van der Waals surface area contributed by atoms with Gasteiger partial charge in [-0.15, -0.1) is 0 Å². The van der Waals surface area contributed by atoms with Gasteiger partial charge < -0.3 is 20.1 Å². The number of phenols is 1. The fourth-order valence-electron chi connectivity index (χ4n) is 3.07. The van der Waals surface area contributed by atoms with Crippen molar-refractivity contribution < 1.29 is 19.8 Å². The number of nitrogens with one attached hydrogen (secondary N) is 1. The highest BCUT2D eigenvalue weighted by atomic mass is 16.4. The Hall–Kier alpha value is -3.28. The molecule has 0 bridgehead atoms. The molecule has 3 rings (SSSR count). The lowest BCUT2D eigenvalue weighted by atomic mass is 10.1. The average molecular weight is 338 g/mol. The number of fused-ring (bicyclic) bond motifs is 1. The summed E-state index contributed by atoms with van der Waals surface area (Å²) in [7, 11) is 0. The molecule has 3 aromatic rings. The zero-order valence-corrected chi connectivity index (χ0v) is 13.9. The number of aromatic nitrogens is 1. The van der Waals surface area contributed by atoms with Crippen molar-refractivity contribution in [2.45, 2.75) is 20.4 Å². The largest absolute Gasteiger partial charge is 0.507 e. The molecule has 128 valence electrons. The van der Waals surface area contributed by atoms with E-state index in [1.54, 1.807) is 0 Å². The van der Waals surface area contributed by atoms with Crippen LogP contribution < -0.4 is 5.32 Å². The maximum atomic E-state index is 12.8. The summed E-state index contributed by atoms with van der Waals surface area (Å²) in [4.78, 5) is 23.9. The Kier molecular flexibility index (Phi) is 4.19. The van der Waals surface area contributed by atoms with Gasteiger partial charge in [0.25, 0.3) is 5.91 Å². The number of carboxylic acids is 1. The molecule has 0 spiro atoms. The second-order valence-corrected chi connectivity index (χ2v) is 5.73. The monoisotopic (exact) mass is 338 g/mol. The number of benzene rings is 2. The second kappa shape index (κ2) is 6.32. The zero-order chi connectivity index (χ0) is 18.1. The van der Waals surface area contributed by atoms with Gasteiger partial charge in [0.1, 0.15) is 17.0 Å². The van der Waals surface area contributed by atoms with Crippen LogP contribution >= 0.6 is 0 Å². The Morgan fingerprint density at radius 1 is 1.16 bits per heavy atom. The van der Waals surface area contributed by atoms with Crippen molar-refractivity contribution in [1.29, 1.82) is 0 Å². The molecular formula is C19H18N2O4. The molecule has 0 fully saturated rings. The highest BCUT2D eigenvalue weighted by Gasteiger charge is 2.20. The van der Waals surface area contributed by atoms with E-state index in [2.05, 4.69) is 5.32 Å². The van der Waals surface area contributed by atoms with Crippen LogP contribution in [0.5, 0.6) is 5.75 Å². The maximum absolute atomic E-state index is 12.8. The number of carbonyl (C=O) groups is 2. The SMILES string of the molecule is CCn1c(C(=O)Nc2ccc(O)c(C(=O)O)c2)c(C)c2ccccc21. The summed E-state index contributed by atoms with van der Waals surface area (Å²) in [5.74, 6) is -1.92. The molecule has 1 aromatic heterocycles. The minimum atomic E-state index is -1.26. The van der Waals surface area contributed by atoms with E-state index < -0.39 is 5.97 Å². The highest BCUT2D eigenvalue weighted by Crippen LogP contribution is 2.27. The number of aryl methyl sites for hydroxylation is 2. The van der Waals surface area contributed by atoms with Crippen LogP contribution in [0.25, 0.3) is 10.9 Å². The summed E-state index contributed by atoms with van der Waals surface area (Å²) in [6, 6.07) is 11.7. The average Bonchev–Trinajstić information content (AvgIpc) is 2.89. The van der Waals surface area contributed by atoms with Gasteiger partial charge in [0, 0.05) is 23.1 Å². The Morgan fingerprint density at radius 3 is 2.56 bits per heavy atom. The minimum Gasteiger partial charge on any atom is -0.507 e. The third-order valence-electron chi connectivity index (χ3n) is 4.24. The van der Waals surface area contributed by atoms with Crippen molar-refractivity contribution in [2.24, 2.45) is 0 Å². The number of aromatic carboxylic acids is 1. The van der Waals surface area contributed by atoms with Crippen LogP contribution in [0.3, 0.4) is 0 Å². The normalized spacial score (nSPS) is 10.8. The number of para-hydroxylation sites is 1. The molecule has 0 radical (unpaired) electrons. The topological polar surface area (TPSA) is 91.6 Å². The van der Waals surface area contributed by atoms with Crippen LogP contribution in [0.15, 0.2) is 42.5 Å². The lowest BCUT2D eigenvalue weighted by molar-refractivity contribution is 0.0693. The molecule has 0 unspecified atom stereocenters. The van der Waals surface area contributed by atoms with Gasteiger partial charge in [-0.25, -0.2) is 4.79 Å². The number of rotatable bonds is 4. The van der Waals surface area contributed by atoms with Gasteiger partial charge in [0.05, 0.1) is 0 Å². The number of hydrogen-bond acceptors (Lipinski definition) is 3. The molecule has 0 aliphatic rings. The summed E-state index contributed by atoms with van der Waals surface area (Å²) in [6.45, 7) is 4.49. The fourth-order valence-corrected chi connectivity index (χ4v) is 3.07. The summed E-state index contributed by atoms with van der Waals surface area (Å²) >= 11 is 0. The van der Waals surface area contributed by atoms with Crippen LogP contribution in [-0.2, 0) is 6.54 Å². The molecule has 6 heteroatoms. The lowest BCUT2D eigenvalue weighted by Crippen LogP contribution is -2.18. The van der Waals surface area contributed by atoms with Crippen LogP contribution in [0.1, 0.15) is 33.3 Å². The van der Waals surface area contributed by atoms with E-state index in [-0.39, 0.29) is 17.2 Å². The Bertz CT molecular complexity index is 988. The summed E-state index contributed by atoms with van der Waals surface area (Å²) in [5, 5.41) is 22.4. The number of hydrogen-bond donors (Lipinski definition) is 3. The molecule has 0 atom stereocenters. The van der Waals surface area contributed by atoms with E-state index in [9.17, 15) is 14.7 Å². The molecule has 2 aromatic carbocycles. The van der Waals surface area contributed by atoms with Crippen molar-refractivity contribution in [1.82, 2.24) is 4.57 Å². The summed E-state index contributed by atoms with van der Waals surface area (Å²) < 4.78 is 1.93. The Labute approximate surface area is 144 Å². The first-order valence-corrected chi connectivity index (χ1v) is 7.89. The molecular weight excluding hydrogens is 320 g/mol. The van der Waals surface area contributed by atoms with Crippen LogP contribution in [0.4, 0.5) is 5.69 Å². The summed E-state index contributed by atoms with van der Waals surface area (Å²) in [5.41, 5.74) is 2.43. The second-order valence-electron chi connectivity index (χ2n) is 5.73. The van der Waals surface area contributed by atoms with E-state index in [1.807, 2.05) is 42.7 Å². The van der Waals surface area contributed by atoms with Gasteiger partial charge in [-0.05, 0) is 43.7 Å². The van der Waals surface area contributed by atoms with Crippen molar-refractivity contribution in [3.63, 3.8) is 0 Å². The highest BCUT2D eigenvalue weighted by molar-refractivity contribution is 6.08. The predicted molar refractivity (Wildman–Crippen MR) is 95.4 cm³/mol. The number of anilines is 1. The molecule has 25 heavy (non-hydrogen) atoms. The minimum absolute atomic E-state index is 0.259. The van der Waals surface area contributed by atoms with Crippen molar-refractivity contribution in [2.75, 3.05) is 5.32 Å². The molecule has 3 N–H and O–H groups in total. The van der Waals surface area contributed by atoms with Gasteiger partial charge in [-0.1, -0.05) is 18.2 Å². The number of amides is 1. The van der Waals surface area contributed by atoms with Crippen LogP contribution in [0.2, 0.25) is 0 Å². The first-order chi connectivity index (χ1) is 11.9. The van der Waals surface area contributed by atoms with Crippen LogP contribution in [-0.4, -0.2) is 26.7 Å². The fraction of sp³-hybridized carbons (Fsp3) is 0.158. The third-order valence-corrected chi connectivity index (χ3v) is 4.24. The smallest absolute Gasteiger partial charge is 0.339 e. The first kappa shape index (κ1) is 16.6. The van der Waals surface area contributed by atoms with Gasteiger partial charge in [0.15, 0.2) is 0 Å². The van der Waals surface area contributed by atoms with Crippen molar-refractivity contribution in [3.05, 3.63) is 59.3 Å². The van der Waals surface area contributed by atoms with Crippen molar-refractivity contribution in [3.8, 4) is 5.75 Å². The molecule has 0 saturated carbocycles. The van der Waals surface area contributed by atoms with E-state index >= 15 is 0 Å². The number of carbonyl (C=O) groups excluding carboxylic acids is 1. The molecule has 6 nitrogen and oxygen atoms in total. The third kappa shape index (κ3) is 2.82. The number of carboxylic acid groups (broad SMARTS) is 1. The number of aromatic hydroxyl groups is 1. The molecule has 1 heterocycles. The predicted octanol–water partition coefficient (Wildman–Crippen LogP) is 3.63. The van der Waals surface area contributed by atoms with Gasteiger partial charge in [-0.2, -0.15) is 0 Å². The van der Waals surface area contributed by atoms with E-state index in [0.717, 1.165) is 16.5 Å². The van der Waals surface area contributed by atoms with Gasteiger partial charge in [0.2, 0.25) is 0 Å². The molecule has 1 amide bonds. The standard InChI is InChI=1S/C19H18N2O4/c1-3-21-15-7-5-4-6-13(15)11(2)17(21)18(23)20-12-8-9-16(22)14(10-12)19(24)25/h4-10,22H,3H2,1-2H3,(H,20,23)(H,24,25). The quantitative estimate of drug-likeness (QED) is 0.634. The van der Waals surface area contributed by atoms with Crippen LogP contribution in [0, 0.1) is 6.92 Å². The number of nitrogens with zero attached hydrogens (tertiary/aromatic N) is 1. The molecule has 0 aliphatic carbocycles. The van der Waals surface area contributed by atoms with Gasteiger partial charge in [-0.3, -0.25) is 4.79 Å². The maximum Gasteiger partial charge on any atom is 0.339 e. The van der Waals surface area contributed by atoms with E-state index in [4.69, 9.17) is 5.11 Å². The van der Waals surface area contributed by atoms with Gasteiger partial charge >= 0.3 is 5.97 Å². The first-order valence-electron chi connectivity index (χ1n) is 7.89. The summed E-state index contributed by atoms with van der Waals surface area (Å²) in [6.07, 6.45) is 0. The molecule has 0 saturated heterocycles. The molecule has 0 aliphatic heterocycles. The Balaban J connectivity index is 2.02. The zero-order valence-electron chi connectivity index (χ0n) is 13.9.